The summed E-state index contributed by atoms with van der Waals surface area (Å²) < 4.78 is 6.47. The molecule has 0 aromatic heterocycles. The molecule has 41 heavy (non-hydrogen) atoms. The molecule has 0 radical (unpaired) electrons. The topological polar surface area (TPSA) is 35.2 Å². The molecule has 0 fully saturated rings. The zero-order chi connectivity index (χ0) is 30.8. The Bertz CT molecular complexity index is 766. The molecule has 0 aliphatic carbocycles. The predicted octanol–water partition coefficient (Wildman–Crippen LogP) is 12.0. The van der Waals surface area contributed by atoms with Crippen LogP contribution in [0.3, 0.4) is 0 Å². The van der Waals surface area contributed by atoms with Crippen LogP contribution in [0.2, 0.25) is 0 Å². The largest absolute Gasteiger partial charge is 0.375 e. The Balaban J connectivity index is 2.79. The highest BCUT2D eigenvalue weighted by molar-refractivity contribution is 5.30. The molecule has 0 bridgehead atoms. The normalized spacial score (nSPS) is 13.7. The minimum atomic E-state index is -0.166. The van der Waals surface area contributed by atoms with Crippen LogP contribution in [0.4, 0.5) is 0 Å². The molecule has 0 saturated carbocycles. The fourth-order valence-electron chi connectivity index (χ4n) is 6.50. The molecule has 2 N–H and O–H groups in total. The van der Waals surface area contributed by atoms with E-state index in [1.807, 2.05) is 0 Å². The third-order valence-electron chi connectivity index (χ3n) is 9.53. The van der Waals surface area contributed by atoms with Gasteiger partial charge in [0, 0.05) is 19.1 Å². The smallest absolute Gasteiger partial charge is 0.0666 e. The molecule has 0 aliphatic rings. The van der Waals surface area contributed by atoms with Crippen molar-refractivity contribution in [1.82, 2.24) is 0 Å². The lowest BCUT2D eigenvalue weighted by atomic mass is 9.74. The molecule has 1 atom stereocenters. The van der Waals surface area contributed by atoms with E-state index < -0.39 is 0 Å². The highest BCUT2D eigenvalue weighted by atomic mass is 16.5. The average molecular weight is 572 g/mol. The van der Waals surface area contributed by atoms with Crippen molar-refractivity contribution in [3.05, 3.63) is 35.4 Å². The molecule has 0 saturated heterocycles. The Hall–Kier alpha value is -0.860. The molecular formula is C39H73NO. The second-order valence-corrected chi connectivity index (χ2v) is 15.4. The van der Waals surface area contributed by atoms with Crippen molar-refractivity contribution in [3.8, 4) is 0 Å². The van der Waals surface area contributed by atoms with Crippen LogP contribution in [-0.4, -0.2) is 18.2 Å². The van der Waals surface area contributed by atoms with Gasteiger partial charge in [-0.1, -0.05) is 150 Å². The Morgan fingerprint density at radius 3 is 1.83 bits per heavy atom. The van der Waals surface area contributed by atoms with Crippen LogP contribution in [0.25, 0.3) is 0 Å². The monoisotopic (exact) mass is 572 g/mol. The van der Waals surface area contributed by atoms with Gasteiger partial charge >= 0.3 is 0 Å². The van der Waals surface area contributed by atoms with Crippen molar-refractivity contribution >= 4 is 0 Å². The first-order valence-corrected chi connectivity index (χ1v) is 17.8. The number of ether oxygens (including phenoxy) is 1. The number of hydrogen-bond donors (Lipinski definition) is 1. The Kier molecular flexibility index (Phi) is 18.8. The number of hydrogen-bond acceptors (Lipinski definition) is 2. The molecule has 2 heteroatoms. The molecule has 0 aliphatic heterocycles. The molecule has 240 valence electrons. The van der Waals surface area contributed by atoms with Crippen molar-refractivity contribution < 1.29 is 4.74 Å². The Labute approximate surface area is 258 Å². The molecular weight excluding hydrogens is 498 g/mol. The Morgan fingerprint density at radius 2 is 1.27 bits per heavy atom. The van der Waals surface area contributed by atoms with Gasteiger partial charge in [-0.25, -0.2) is 0 Å². The SMILES string of the molecule is CCCCCCCC(CCCCCCC)C(N)CC(C)(C)c1cccc(CC(C)(C)OCCC(C)(C)CCCC)c1. The summed E-state index contributed by atoms with van der Waals surface area (Å²) in [5.41, 5.74) is 10.1. The van der Waals surface area contributed by atoms with Gasteiger partial charge in [0.2, 0.25) is 0 Å². The van der Waals surface area contributed by atoms with Gasteiger partial charge in [0.25, 0.3) is 0 Å². The molecule has 1 aromatic carbocycles. The van der Waals surface area contributed by atoms with Gasteiger partial charge in [0.05, 0.1) is 5.60 Å². The van der Waals surface area contributed by atoms with Gasteiger partial charge in [0.1, 0.15) is 0 Å². The van der Waals surface area contributed by atoms with E-state index in [2.05, 4.69) is 86.6 Å². The standard InChI is InChI=1S/C39H73NO/c1-10-13-16-18-20-24-34(25-21-19-17-14-11-2)36(40)32-38(6,7)35-26-22-23-33(30-35)31-39(8,9)41-29-28-37(4,5)27-15-12-3/h22-23,26,30,34,36H,10-21,24-25,27-29,31-32,40H2,1-9H3. The van der Waals surface area contributed by atoms with E-state index in [1.165, 1.54) is 107 Å². The minimum Gasteiger partial charge on any atom is -0.375 e. The van der Waals surface area contributed by atoms with Crippen LogP contribution in [0.15, 0.2) is 24.3 Å². The van der Waals surface area contributed by atoms with Crippen molar-refractivity contribution in [2.45, 2.75) is 195 Å². The van der Waals surface area contributed by atoms with Crippen molar-refractivity contribution in [3.63, 3.8) is 0 Å². The fourth-order valence-corrected chi connectivity index (χ4v) is 6.50. The molecule has 1 rings (SSSR count). The first-order chi connectivity index (χ1) is 19.4. The van der Waals surface area contributed by atoms with E-state index in [9.17, 15) is 0 Å². The van der Waals surface area contributed by atoms with Gasteiger partial charge in [-0.2, -0.15) is 0 Å². The zero-order valence-electron chi connectivity index (χ0n) is 29.4. The molecule has 0 spiro atoms. The first-order valence-electron chi connectivity index (χ1n) is 17.8. The second kappa shape index (κ2) is 20.2. The van der Waals surface area contributed by atoms with Crippen molar-refractivity contribution in [2.75, 3.05) is 6.61 Å². The van der Waals surface area contributed by atoms with Gasteiger partial charge < -0.3 is 10.5 Å². The van der Waals surface area contributed by atoms with Crippen LogP contribution in [0.5, 0.6) is 0 Å². The number of rotatable bonds is 25. The van der Waals surface area contributed by atoms with Gasteiger partial charge in [0.15, 0.2) is 0 Å². The quantitative estimate of drug-likeness (QED) is 0.118. The molecule has 0 amide bonds. The fraction of sp³-hybridized carbons (Fsp3) is 0.846. The number of benzene rings is 1. The zero-order valence-corrected chi connectivity index (χ0v) is 29.4. The van der Waals surface area contributed by atoms with E-state index in [0.29, 0.717) is 11.3 Å². The molecule has 1 unspecified atom stereocenters. The summed E-state index contributed by atoms with van der Waals surface area (Å²) in [7, 11) is 0. The van der Waals surface area contributed by atoms with Gasteiger partial charge in [-0.05, 0) is 73.8 Å². The minimum absolute atomic E-state index is 0.0619. The van der Waals surface area contributed by atoms with Crippen LogP contribution < -0.4 is 5.73 Å². The highest BCUT2D eigenvalue weighted by Crippen LogP contribution is 2.34. The van der Waals surface area contributed by atoms with Crippen LogP contribution in [-0.2, 0) is 16.6 Å². The van der Waals surface area contributed by atoms with Crippen molar-refractivity contribution in [1.29, 1.82) is 0 Å². The van der Waals surface area contributed by atoms with E-state index in [4.69, 9.17) is 10.5 Å². The number of unbranched alkanes of at least 4 members (excludes halogenated alkanes) is 9. The van der Waals surface area contributed by atoms with Crippen LogP contribution in [0.1, 0.15) is 183 Å². The molecule has 1 aromatic rings. The summed E-state index contributed by atoms with van der Waals surface area (Å²) in [6.07, 6.45) is 23.1. The molecule has 0 heterocycles. The maximum Gasteiger partial charge on any atom is 0.0666 e. The van der Waals surface area contributed by atoms with Crippen molar-refractivity contribution in [2.24, 2.45) is 17.1 Å². The highest BCUT2D eigenvalue weighted by Gasteiger charge is 2.29. The maximum absolute atomic E-state index is 7.06. The lowest BCUT2D eigenvalue weighted by Gasteiger charge is -2.34. The number of nitrogens with two attached hydrogens (primary N) is 1. The average Bonchev–Trinajstić information content (AvgIpc) is 2.90. The summed E-state index contributed by atoms with van der Waals surface area (Å²) in [5, 5.41) is 0. The molecule has 2 nitrogen and oxygen atoms in total. The third-order valence-corrected chi connectivity index (χ3v) is 9.53. The second-order valence-electron chi connectivity index (χ2n) is 15.4. The van der Waals surface area contributed by atoms with Crippen LogP contribution >= 0.6 is 0 Å². The summed E-state index contributed by atoms with van der Waals surface area (Å²) >= 11 is 0. The van der Waals surface area contributed by atoms with Gasteiger partial charge in [-0.15, -0.1) is 0 Å². The van der Waals surface area contributed by atoms with Crippen LogP contribution in [0, 0.1) is 11.3 Å². The summed E-state index contributed by atoms with van der Waals surface area (Å²) in [5.74, 6) is 0.648. The summed E-state index contributed by atoms with van der Waals surface area (Å²) in [6.45, 7) is 21.8. The first kappa shape index (κ1) is 38.2. The maximum atomic E-state index is 7.06. The third kappa shape index (κ3) is 17.1. The van der Waals surface area contributed by atoms with E-state index in [-0.39, 0.29) is 17.1 Å². The lowest BCUT2D eigenvalue weighted by molar-refractivity contribution is -0.0291. The van der Waals surface area contributed by atoms with E-state index in [1.54, 1.807) is 0 Å². The summed E-state index contributed by atoms with van der Waals surface area (Å²) in [6, 6.07) is 9.56. The van der Waals surface area contributed by atoms with E-state index >= 15 is 0 Å². The Morgan fingerprint density at radius 1 is 0.707 bits per heavy atom. The van der Waals surface area contributed by atoms with Gasteiger partial charge in [-0.3, -0.25) is 0 Å². The predicted molar refractivity (Wildman–Crippen MR) is 184 cm³/mol. The summed E-state index contributed by atoms with van der Waals surface area (Å²) in [4.78, 5) is 0. The van der Waals surface area contributed by atoms with E-state index in [0.717, 1.165) is 25.9 Å². The lowest BCUT2D eigenvalue weighted by Crippen LogP contribution is -2.37.